The van der Waals surface area contributed by atoms with Crippen LogP contribution in [-0.4, -0.2) is 9.97 Å². The Labute approximate surface area is 160 Å². The van der Waals surface area contributed by atoms with E-state index in [1.54, 1.807) is 6.33 Å². The fourth-order valence-corrected chi connectivity index (χ4v) is 5.29. The molecule has 0 aliphatic heterocycles. The zero-order valence-electron chi connectivity index (χ0n) is 16.1. The summed E-state index contributed by atoms with van der Waals surface area (Å²) < 4.78 is 6.01. The van der Waals surface area contributed by atoms with E-state index in [2.05, 4.69) is 53.4 Å². The molecule has 5 rings (SSSR count). The lowest BCUT2D eigenvalue weighted by Crippen LogP contribution is -2.09. The highest BCUT2D eigenvalue weighted by Crippen LogP contribution is 2.46. The first-order valence-corrected chi connectivity index (χ1v) is 10.3. The summed E-state index contributed by atoms with van der Waals surface area (Å²) in [6, 6.07) is 8.98. The predicted octanol–water partition coefficient (Wildman–Crippen LogP) is 5.86. The van der Waals surface area contributed by atoms with Crippen LogP contribution in [0.2, 0.25) is 0 Å². The molecule has 27 heavy (non-hydrogen) atoms. The van der Waals surface area contributed by atoms with Gasteiger partial charge in [-0.2, -0.15) is 0 Å². The summed E-state index contributed by atoms with van der Waals surface area (Å²) in [6.45, 7) is 4.69. The number of rotatable bonds is 4. The first-order chi connectivity index (χ1) is 13.2. The summed E-state index contributed by atoms with van der Waals surface area (Å²) in [4.78, 5) is 9.11. The van der Waals surface area contributed by atoms with Gasteiger partial charge in [0, 0.05) is 5.56 Å². The quantitative estimate of drug-likeness (QED) is 0.632. The minimum absolute atomic E-state index is 0.295. The minimum Gasteiger partial charge on any atom is -0.458 e. The average Bonchev–Trinajstić information content (AvgIpc) is 3.39. The van der Waals surface area contributed by atoms with E-state index < -0.39 is 0 Å². The average molecular weight is 361 g/mol. The third-order valence-corrected chi connectivity index (χ3v) is 6.84. The molecule has 0 amide bonds. The van der Waals surface area contributed by atoms with Gasteiger partial charge in [-0.1, -0.05) is 44.5 Å². The summed E-state index contributed by atoms with van der Waals surface area (Å²) in [5.74, 6) is 2.97. The Hall–Kier alpha value is -2.36. The van der Waals surface area contributed by atoms with Gasteiger partial charge in [0.1, 0.15) is 11.8 Å². The van der Waals surface area contributed by atoms with Gasteiger partial charge in [0.25, 0.3) is 0 Å². The lowest BCUT2D eigenvalue weighted by atomic mass is 9.95. The largest absolute Gasteiger partial charge is 0.458 e. The van der Waals surface area contributed by atoms with Crippen molar-refractivity contribution in [1.82, 2.24) is 9.97 Å². The Morgan fingerprint density at radius 2 is 2.04 bits per heavy atom. The van der Waals surface area contributed by atoms with E-state index in [4.69, 9.17) is 4.42 Å². The normalized spacial score (nSPS) is 27.2. The maximum absolute atomic E-state index is 6.01. The maximum atomic E-state index is 6.01. The highest BCUT2D eigenvalue weighted by molar-refractivity contribution is 5.86. The molecule has 1 saturated carbocycles. The first-order valence-electron chi connectivity index (χ1n) is 10.3. The van der Waals surface area contributed by atoms with Crippen molar-refractivity contribution in [2.45, 2.75) is 57.9 Å². The minimum atomic E-state index is 0.295. The molecular weight excluding hydrogens is 334 g/mol. The van der Waals surface area contributed by atoms with Crippen LogP contribution < -0.4 is 5.32 Å². The highest BCUT2D eigenvalue weighted by atomic mass is 16.3. The molecule has 2 heterocycles. The van der Waals surface area contributed by atoms with Crippen molar-refractivity contribution in [2.24, 2.45) is 11.8 Å². The molecule has 2 aliphatic carbocycles. The smallest absolute Gasteiger partial charge is 0.194 e. The molecule has 0 bridgehead atoms. The third-order valence-electron chi connectivity index (χ3n) is 6.84. The number of furan rings is 1. The fraction of sp³-hybridized carbons (Fsp3) is 0.478. The maximum Gasteiger partial charge on any atom is 0.194 e. The Balaban J connectivity index is 1.45. The molecule has 0 saturated heterocycles. The van der Waals surface area contributed by atoms with Gasteiger partial charge in [-0.15, -0.1) is 0 Å². The van der Waals surface area contributed by atoms with Gasteiger partial charge >= 0.3 is 0 Å². The van der Waals surface area contributed by atoms with Crippen LogP contribution >= 0.6 is 0 Å². The zero-order valence-corrected chi connectivity index (χ0v) is 16.1. The van der Waals surface area contributed by atoms with Crippen LogP contribution in [0, 0.1) is 11.8 Å². The van der Waals surface area contributed by atoms with Crippen LogP contribution in [0.3, 0.4) is 0 Å². The Morgan fingerprint density at radius 3 is 2.89 bits per heavy atom. The summed E-state index contributed by atoms with van der Waals surface area (Å²) >= 11 is 0. The molecule has 1 N–H and O–H groups in total. The molecule has 0 radical (unpaired) electrons. The summed E-state index contributed by atoms with van der Waals surface area (Å²) in [7, 11) is 0. The molecule has 0 unspecified atom stereocenters. The number of benzene rings is 1. The second kappa shape index (κ2) is 6.66. The number of nitrogens with one attached hydrogen (secondary N) is 1. The number of anilines is 1. The van der Waals surface area contributed by atoms with E-state index >= 15 is 0 Å². The van der Waals surface area contributed by atoms with Crippen molar-refractivity contribution in [3.05, 3.63) is 53.5 Å². The van der Waals surface area contributed by atoms with Gasteiger partial charge < -0.3 is 9.73 Å². The SMILES string of the molecule is CC[C@@H]1C[C@@H](c2coc3c(N[C@H]4CCc5ccccc54)ncnc23)C[C@H]1C. The molecule has 2 aromatic heterocycles. The fourth-order valence-electron chi connectivity index (χ4n) is 5.29. The lowest BCUT2D eigenvalue weighted by Gasteiger charge is -2.14. The standard InChI is InChI=1S/C23H27N3O/c1-3-15-11-17(10-14(15)2)19-12-27-22-21(19)24-13-25-23(22)26-20-9-8-16-6-4-5-7-18(16)20/h4-7,12-15,17,20H,3,8-11H2,1-2H3,(H,24,25,26)/t14-,15-,17+,20+/m1/s1. The van der Waals surface area contributed by atoms with E-state index in [-0.39, 0.29) is 0 Å². The predicted molar refractivity (Wildman–Crippen MR) is 108 cm³/mol. The van der Waals surface area contributed by atoms with Crippen molar-refractivity contribution in [2.75, 3.05) is 5.32 Å². The van der Waals surface area contributed by atoms with Crippen LogP contribution in [0.25, 0.3) is 11.1 Å². The molecule has 1 aromatic carbocycles. The number of aryl methyl sites for hydroxylation is 1. The number of nitrogens with zero attached hydrogens (tertiary/aromatic N) is 2. The Morgan fingerprint density at radius 1 is 1.15 bits per heavy atom. The van der Waals surface area contributed by atoms with Gasteiger partial charge in [0.2, 0.25) is 0 Å². The number of aromatic nitrogens is 2. The van der Waals surface area contributed by atoms with Crippen LogP contribution in [0.4, 0.5) is 5.82 Å². The molecule has 1 fully saturated rings. The second-order valence-corrected chi connectivity index (χ2v) is 8.34. The van der Waals surface area contributed by atoms with E-state index in [0.29, 0.717) is 12.0 Å². The van der Waals surface area contributed by atoms with E-state index in [9.17, 15) is 0 Å². The van der Waals surface area contributed by atoms with Crippen molar-refractivity contribution >= 4 is 16.9 Å². The van der Waals surface area contributed by atoms with Crippen molar-refractivity contribution in [1.29, 1.82) is 0 Å². The van der Waals surface area contributed by atoms with Gasteiger partial charge in [-0.3, -0.25) is 0 Å². The molecule has 3 aromatic rings. The van der Waals surface area contributed by atoms with Gasteiger partial charge in [0.05, 0.1) is 12.3 Å². The van der Waals surface area contributed by atoms with Crippen LogP contribution in [-0.2, 0) is 6.42 Å². The number of fused-ring (bicyclic) bond motifs is 2. The number of hydrogen-bond acceptors (Lipinski definition) is 4. The van der Waals surface area contributed by atoms with Crippen molar-refractivity contribution < 1.29 is 4.42 Å². The van der Waals surface area contributed by atoms with Crippen LogP contribution in [0.15, 0.2) is 41.3 Å². The second-order valence-electron chi connectivity index (χ2n) is 8.34. The Kier molecular flexibility index (Phi) is 4.14. The van der Waals surface area contributed by atoms with E-state index in [1.807, 2.05) is 6.26 Å². The summed E-state index contributed by atoms with van der Waals surface area (Å²) in [5.41, 5.74) is 5.89. The van der Waals surface area contributed by atoms with E-state index in [1.165, 1.54) is 36.0 Å². The Bertz CT molecular complexity index is 963. The topological polar surface area (TPSA) is 51.0 Å². The molecule has 4 heteroatoms. The van der Waals surface area contributed by atoms with Gasteiger partial charge in [-0.05, 0) is 54.6 Å². The highest BCUT2D eigenvalue weighted by Gasteiger charge is 2.33. The van der Waals surface area contributed by atoms with Crippen molar-refractivity contribution in [3.63, 3.8) is 0 Å². The van der Waals surface area contributed by atoms with Gasteiger partial charge in [0.15, 0.2) is 11.4 Å². The third kappa shape index (κ3) is 2.82. The van der Waals surface area contributed by atoms with Crippen LogP contribution in [0.5, 0.6) is 0 Å². The molecular formula is C23H27N3O. The van der Waals surface area contributed by atoms with Crippen molar-refractivity contribution in [3.8, 4) is 0 Å². The van der Waals surface area contributed by atoms with E-state index in [0.717, 1.165) is 41.6 Å². The van der Waals surface area contributed by atoms with Crippen LogP contribution in [0.1, 0.15) is 68.2 Å². The summed E-state index contributed by atoms with van der Waals surface area (Å²) in [5, 5.41) is 3.63. The van der Waals surface area contributed by atoms with Gasteiger partial charge in [-0.25, -0.2) is 9.97 Å². The molecule has 4 atom stereocenters. The first kappa shape index (κ1) is 16.8. The monoisotopic (exact) mass is 361 g/mol. The molecule has 140 valence electrons. The zero-order chi connectivity index (χ0) is 18.4. The molecule has 0 spiro atoms. The molecule has 2 aliphatic rings. The summed E-state index contributed by atoms with van der Waals surface area (Å²) in [6.07, 6.45) is 9.56. The lowest BCUT2D eigenvalue weighted by molar-refractivity contribution is 0.407. The number of hydrogen-bond donors (Lipinski definition) is 1. The molecule has 4 nitrogen and oxygen atoms in total.